The Labute approximate surface area is 135 Å². The monoisotopic (exact) mass is 390 g/mol. The van der Waals surface area contributed by atoms with Crippen molar-refractivity contribution in [1.82, 2.24) is 19.5 Å². The van der Waals surface area contributed by atoms with E-state index in [-0.39, 0.29) is 6.04 Å². The number of hydrogen-bond acceptors (Lipinski definition) is 5. The van der Waals surface area contributed by atoms with E-state index in [1.165, 1.54) is 11.3 Å². The molecule has 0 unspecified atom stereocenters. The summed E-state index contributed by atoms with van der Waals surface area (Å²) in [6.07, 6.45) is 2.38. The minimum Gasteiger partial charge on any atom is -0.248 e. The van der Waals surface area contributed by atoms with Crippen LogP contribution in [0.1, 0.15) is 37.5 Å². The normalized spacial score (nSPS) is 18.7. The molecule has 1 N–H and O–H groups in total. The number of sulfonamides is 1. The van der Waals surface area contributed by atoms with Gasteiger partial charge in [0.1, 0.15) is 10.0 Å². The van der Waals surface area contributed by atoms with E-state index in [9.17, 15) is 8.42 Å². The van der Waals surface area contributed by atoms with E-state index in [1.54, 1.807) is 12.1 Å². The Morgan fingerprint density at radius 1 is 1.52 bits per heavy atom. The van der Waals surface area contributed by atoms with E-state index < -0.39 is 10.0 Å². The second-order valence-electron chi connectivity index (χ2n) is 4.84. The van der Waals surface area contributed by atoms with Gasteiger partial charge in [0.15, 0.2) is 5.82 Å². The van der Waals surface area contributed by atoms with E-state index in [0.717, 1.165) is 41.2 Å². The molecule has 2 aromatic rings. The Bertz CT molecular complexity index is 753. The summed E-state index contributed by atoms with van der Waals surface area (Å²) in [6, 6.07) is 3.03. The van der Waals surface area contributed by atoms with Crippen LogP contribution in [0.25, 0.3) is 0 Å². The average Bonchev–Trinajstić information content (AvgIpc) is 3.05. The summed E-state index contributed by atoms with van der Waals surface area (Å²) in [5.41, 5.74) is 0. The summed E-state index contributed by atoms with van der Waals surface area (Å²) in [6.45, 7) is 2.79. The molecule has 3 rings (SSSR count). The summed E-state index contributed by atoms with van der Waals surface area (Å²) in [4.78, 5) is 4.45. The number of thiophene rings is 1. The predicted octanol–water partition coefficient (Wildman–Crippen LogP) is 2.48. The topological polar surface area (TPSA) is 76.9 Å². The fraction of sp³-hybridized carbons (Fsp3) is 0.500. The van der Waals surface area contributed by atoms with Gasteiger partial charge < -0.3 is 0 Å². The van der Waals surface area contributed by atoms with Gasteiger partial charge in [-0.25, -0.2) is 18.1 Å². The summed E-state index contributed by atoms with van der Waals surface area (Å²) in [7, 11) is -3.52. The van der Waals surface area contributed by atoms with Crippen LogP contribution in [0.3, 0.4) is 0 Å². The molecule has 1 atom stereocenters. The van der Waals surface area contributed by atoms with Crippen molar-refractivity contribution in [3.8, 4) is 0 Å². The van der Waals surface area contributed by atoms with Gasteiger partial charge in [-0.15, -0.1) is 11.3 Å². The van der Waals surface area contributed by atoms with Gasteiger partial charge in [-0.05, 0) is 40.9 Å². The van der Waals surface area contributed by atoms with Crippen LogP contribution < -0.4 is 4.72 Å². The lowest BCUT2D eigenvalue weighted by Crippen LogP contribution is -2.33. The molecule has 2 aromatic heterocycles. The van der Waals surface area contributed by atoms with E-state index in [0.29, 0.717) is 4.21 Å². The van der Waals surface area contributed by atoms with Crippen LogP contribution in [0.2, 0.25) is 0 Å². The molecule has 0 aliphatic carbocycles. The molecule has 0 bridgehead atoms. The van der Waals surface area contributed by atoms with E-state index >= 15 is 0 Å². The molecule has 0 radical (unpaired) electrons. The lowest BCUT2D eigenvalue weighted by Gasteiger charge is -2.22. The lowest BCUT2D eigenvalue weighted by atomic mass is 10.1. The molecule has 1 aliphatic heterocycles. The SMILES string of the molecule is CCc1nc2n(n1)CCC[C@H]2NS(=O)(=O)c1ccc(Br)s1. The number of aryl methyl sites for hydroxylation is 2. The first-order chi connectivity index (χ1) is 9.99. The van der Waals surface area contributed by atoms with Gasteiger partial charge in [-0.3, -0.25) is 0 Å². The number of rotatable bonds is 4. The van der Waals surface area contributed by atoms with E-state index in [1.807, 2.05) is 11.6 Å². The molecule has 0 aromatic carbocycles. The lowest BCUT2D eigenvalue weighted by molar-refractivity contribution is 0.400. The van der Waals surface area contributed by atoms with E-state index in [4.69, 9.17) is 0 Å². The number of aromatic nitrogens is 3. The van der Waals surface area contributed by atoms with Crippen molar-refractivity contribution in [1.29, 1.82) is 0 Å². The maximum Gasteiger partial charge on any atom is 0.250 e. The molecule has 0 saturated heterocycles. The number of fused-ring (bicyclic) bond motifs is 1. The van der Waals surface area contributed by atoms with E-state index in [2.05, 4.69) is 30.7 Å². The molecular formula is C12H15BrN4O2S2. The molecule has 9 heteroatoms. The van der Waals surface area contributed by atoms with Crippen LogP contribution >= 0.6 is 27.3 Å². The first kappa shape index (κ1) is 15.1. The molecule has 6 nitrogen and oxygen atoms in total. The minimum absolute atomic E-state index is 0.307. The largest absolute Gasteiger partial charge is 0.250 e. The molecule has 114 valence electrons. The Balaban J connectivity index is 1.88. The number of nitrogens with one attached hydrogen (secondary N) is 1. The van der Waals surface area contributed by atoms with Crippen LogP contribution in [0.5, 0.6) is 0 Å². The molecule has 1 aliphatic rings. The zero-order chi connectivity index (χ0) is 15.0. The molecule has 0 amide bonds. The third-order valence-electron chi connectivity index (χ3n) is 3.35. The highest BCUT2D eigenvalue weighted by Gasteiger charge is 2.29. The third kappa shape index (κ3) is 3.05. The second kappa shape index (κ2) is 5.79. The Morgan fingerprint density at radius 3 is 3.00 bits per heavy atom. The van der Waals surface area contributed by atoms with Crippen molar-refractivity contribution in [3.63, 3.8) is 0 Å². The molecule has 0 saturated carbocycles. The summed E-state index contributed by atoms with van der Waals surface area (Å²) >= 11 is 4.49. The number of nitrogens with zero attached hydrogens (tertiary/aromatic N) is 3. The van der Waals surface area contributed by atoms with Crippen molar-refractivity contribution < 1.29 is 8.42 Å². The smallest absolute Gasteiger partial charge is 0.248 e. The standard InChI is InChI=1S/C12H15BrN4O2S2/c1-2-10-14-12-8(4-3-7-17(12)15-10)16-21(18,19)11-6-5-9(13)20-11/h5-6,8,16H,2-4,7H2,1H3/t8-/m1/s1. The van der Waals surface area contributed by atoms with Gasteiger partial charge >= 0.3 is 0 Å². The third-order valence-corrected chi connectivity index (χ3v) is 6.93. The predicted molar refractivity (Wildman–Crippen MR) is 83.7 cm³/mol. The summed E-state index contributed by atoms with van der Waals surface area (Å²) in [5, 5.41) is 4.39. The first-order valence-electron chi connectivity index (χ1n) is 6.71. The molecular weight excluding hydrogens is 376 g/mol. The maximum absolute atomic E-state index is 12.4. The van der Waals surface area contributed by atoms with Gasteiger partial charge in [0.25, 0.3) is 10.0 Å². The molecule has 3 heterocycles. The number of hydrogen-bond donors (Lipinski definition) is 1. The Hall–Kier alpha value is -0.770. The second-order valence-corrected chi connectivity index (χ2v) is 9.24. The highest BCUT2D eigenvalue weighted by molar-refractivity contribution is 9.11. The molecule has 21 heavy (non-hydrogen) atoms. The Kier molecular flexibility index (Phi) is 4.17. The summed E-state index contributed by atoms with van der Waals surface area (Å²) in [5.74, 6) is 1.48. The van der Waals surface area contributed by atoms with Crippen LogP contribution in [0.15, 0.2) is 20.1 Å². The van der Waals surface area contributed by atoms with Crippen LogP contribution in [-0.4, -0.2) is 23.2 Å². The highest BCUT2D eigenvalue weighted by atomic mass is 79.9. The Morgan fingerprint density at radius 2 is 2.33 bits per heavy atom. The average molecular weight is 391 g/mol. The quantitative estimate of drug-likeness (QED) is 0.869. The van der Waals surface area contributed by atoms with Gasteiger partial charge in [0.2, 0.25) is 0 Å². The van der Waals surface area contributed by atoms with Crippen molar-refractivity contribution in [2.45, 2.75) is 43.0 Å². The van der Waals surface area contributed by atoms with Gasteiger partial charge in [-0.2, -0.15) is 9.82 Å². The van der Waals surface area contributed by atoms with Crippen LogP contribution in [-0.2, 0) is 23.0 Å². The fourth-order valence-corrected chi connectivity index (χ4v) is 5.60. The summed E-state index contributed by atoms with van der Waals surface area (Å²) < 4.78 is 30.5. The van der Waals surface area contributed by atoms with Crippen molar-refractivity contribution in [3.05, 3.63) is 27.6 Å². The first-order valence-corrected chi connectivity index (χ1v) is 9.80. The van der Waals surface area contributed by atoms with Crippen LogP contribution in [0, 0.1) is 0 Å². The fourth-order valence-electron chi connectivity index (χ4n) is 2.35. The maximum atomic E-state index is 12.4. The van der Waals surface area contributed by atoms with Gasteiger partial charge in [0, 0.05) is 13.0 Å². The van der Waals surface area contributed by atoms with Crippen LogP contribution in [0.4, 0.5) is 0 Å². The highest BCUT2D eigenvalue weighted by Crippen LogP contribution is 2.29. The van der Waals surface area contributed by atoms with Crippen molar-refractivity contribution in [2.75, 3.05) is 0 Å². The molecule has 0 fully saturated rings. The minimum atomic E-state index is -3.52. The van der Waals surface area contributed by atoms with Crippen molar-refractivity contribution >= 4 is 37.3 Å². The van der Waals surface area contributed by atoms with Gasteiger partial charge in [0.05, 0.1) is 9.83 Å². The molecule has 0 spiro atoms. The van der Waals surface area contributed by atoms with Crippen molar-refractivity contribution in [2.24, 2.45) is 0 Å². The van der Waals surface area contributed by atoms with Gasteiger partial charge in [-0.1, -0.05) is 6.92 Å². The number of halogens is 1. The zero-order valence-corrected chi connectivity index (χ0v) is 14.6. The zero-order valence-electron chi connectivity index (χ0n) is 11.4.